The number of hydrogen-bond donors (Lipinski definition) is 2. The van der Waals surface area contributed by atoms with Gasteiger partial charge in [0.15, 0.2) is 16.7 Å². The number of thiazole rings is 1. The topological polar surface area (TPSA) is 85.4 Å². The first-order chi connectivity index (χ1) is 15.2. The lowest BCUT2D eigenvalue weighted by molar-refractivity contribution is -0.140. The van der Waals surface area contributed by atoms with Gasteiger partial charge < -0.3 is 20.1 Å². The molecule has 0 radical (unpaired) electrons. The molecule has 0 saturated carbocycles. The van der Waals surface area contributed by atoms with Crippen molar-refractivity contribution in [2.24, 2.45) is 0 Å². The van der Waals surface area contributed by atoms with Crippen LogP contribution in [0.2, 0.25) is 0 Å². The number of para-hydroxylation sites is 1. The zero-order valence-corrected chi connectivity index (χ0v) is 18.8. The lowest BCUT2D eigenvalue weighted by Crippen LogP contribution is -2.08. The Morgan fingerprint density at radius 1 is 1.35 bits per heavy atom. The highest BCUT2D eigenvalue weighted by atomic mass is 32.2. The Labute approximate surface area is 189 Å². The zero-order valence-electron chi connectivity index (χ0n) is 17.2. The number of nitrogens with zero attached hydrogens (tertiary/aromatic N) is 2. The average molecular weight is 457 g/mol. The van der Waals surface area contributed by atoms with Crippen molar-refractivity contribution in [2.75, 3.05) is 31.3 Å². The third-order valence-electron chi connectivity index (χ3n) is 4.83. The predicted molar refractivity (Wildman–Crippen MR) is 124 cm³/mol. The maximum atomic E-state index is 11.4. The third kappa shape index (κ3) is 5.96. The molecule has 1 aliphatic rings. The lowest BCUT2D eigenvalue weighted by atomic mass is 10.1. The summed E-state index contributed by atoms with van der Waals surface area (Å²) >= 11 is 3.10. The van der Waals surface area contributed by atoms with Crippen LogP contribution >= 0.6 is 23.1 Å². The van der Waals surface area contributed by atoms with Crippen LogP contribution in [-0.2, 0) is 9.53 Å². The maximum absolute atomic E-state index is 11.4. The molecule has 9 heteroatoms. The number of hydrogen-bond acceptors (Lipinski definition) is 9. The Bertz CT molecular complexity index is 1010. The highest BCUT2D eigenvalue weighted by molar-refractivity contribution is 7.99. The first kappa shape index (κ1) is 21.6. The number of carbonyl (C=O) groups excluding carboxylic acids is 1. The Kier molecular flexibility index (Phi) is 7.39. The molecule has 3 heterocycles. The highest BCUT2D eigenvalue weighted by Crippen LogP contribution is 2.35. The number of carbonyl (C=O) groups is 1. The summed E-state index contributed by atoms with van der Waals surface area (Å²) in [6.07, 6.45) is 3.23. The molecule has 1 fully saturated rings. The number of ether oxygens (including phenoxy) is 2. The van der Waals surface area contributed by atoms with E-state index >= 15 is 0 Å². The number of anilines is 2. The van der Waals surface area contributed by atoms with Gasteiger partial charge in [-0.25, -0.2) is 9.97 Å². The number of esters is 1. The summed E-state index contributed by atoms with van der Waals surface area (Å²) in [5, 5.41) is 9.59. The molecule has 2 aromatic heterocycles. The summed E-state index contributed by atoms with van der Waals surface area (Å²) in [7, 11) is 1.40. The minimum atomic E-state index is -0.225. The zero-order chi connectivity index (χ0) is 21.5. The predicted octanol–water partition coefficient (Wildman–Crippen LogP) is 4.81. The second-order valence-electron chi connectivity index (χ2n) is 7.00. The SMILES string of the molecule is COC(=O)CCSc1cnc(Nc2nc(C3CCNC3)cs2)c(Oc2ccccc2)c1. The fourth-order valence-corrected chi connectivity index (χ4v) is 4.80. The number of pyridine rings is 1. The molecule has 3 aromatic rings. The van der Waals surface area contributed by atoms with Gasteiger partial charge in [-0.2, -0.15) is 0 Å². The highest BCUT2D eigenvalue weighted by Gasteiger charge is 2.20. The quantitative estimate of drug-likeness (QED) is 0.351. The van der Waals surface area contributed by atoms with Crippen molar-refractivity contribution in [3.8, 4) is 11.5 Å². The number of aromatic nitrogens is 2. The maximum Gasteiger partial charge on any atom is 0.306 e. The Morgan fingerprint density at radius 3 is 3.00 bits per heavy atom. The van der Waals surface area contributed by atoms with Gasteiger partial charge in [0.05, 0.1) is 19.2 Å². The summed E-state index contributed by atoms with van der Waals surface area (Å²) in [5.74, 6) is 2.78. The number of nitrogens with one attached hydrogen (secondary N) is 2. The number of rotatable bonds is 9. The summed E-state index contributed by atoms with van der Waals surface area (Å²) in [6, 6.07) is 11.5. The fraction of sp³-hybridized carbons (Fsp3) is 0.318. The minimum Gasteiger partial charge on any atom is -0.469 e. The van der Waals surface area contributed by atoms with Crippen molar-refractivity contribution in [1.29, 1.82) is 0 Å². The van der Waals surface area contributed by atoms with E-state index in [1.807, 2.05) is 36.4 Å². The van der Waals surface area contributed by atoms with E-state index in [9.17, 15) is 4.79 Å². The second kappa shape index (κ2) is 10.6. The van der Waals surface area contributed by atoms with E-state index < -0.39 is 0 Å². The van der Waals surface area contributed by atoms with E-state index in [0.29, 0.717) is 29.7 Å². The van der Waals surface area contributed by atoms with Crippen molar-refractivity contribution in [2.45, 2.75) is 23.7 Å². The largest absolute Gasteiger partial charge is 0.469 e. The molecule has 1 aliphatic heterocycles. The van der Waals surface area contributed by atoms with Gasteiger partial charge in [-0.3, -0.25) is 4.79 Å². The van der Waals surface area contributed by atoms with Gasteiger partial charge in [0, 0.05) is 34.7 Å². The average Bonchev–Trinajstić information content (AvgIpc) is 3.48. The fourth-order valence-electron chi connectivity index (χ4n) is 3.19. The molecule has 0 aliphatic carbocycles. The summed E-state index contributed by atoms with van der Waals surface area (Å²) in [5.41, 5.74) is 1.11. The Morgan fingerprint density at radius 2 is 2.23 bits per heavy atom. The van der Waals surface area contributed by atoms with Crippen LogP contribution in [0.25, 0.3) is 0 Å². The molecule has 0 bridgehead atoms. The standard InChI is InChI=1S/C22H24N4O3S2/c1-28-20(27)8-10-30-17-11-19(29-16-5-3-2-4-6-16)21(24-13-17)26-22-25-18(14-31-22)15-7-9-23-12-15/h2-6,11,13-15,23H,7-10,12H2,1H3,(H,24,25,26). The van der Waals surface area contributed by atoms with Gasteiger partial charge in [-0.1, -0.05) is 18.2 Å². The summed E-state index contributed by atoms with van der Waals surface area (Å²) < 4.78 is 10.8. The van der Waals surface area contributed by atoms with E-state index in [4.69, 9.17) is 14.5 Å². The molecule has 162 valence electrons. The summed E-state index contributed by atoms with van der Waals surface area (Å²) in [6.45, 7) is 2.01. The normalized spacial score (nSPS) is 15.6. The first-order valence-corrected chi connectivity index (χ1v) is 11.9. The van der Waals surface area contributed by atoms with Crippen LogP contribution in [0.5, 0.6) is 11.5 Å². The van der Waals surface area contributed by atoms with Crippen LogP contribution < -0.4 is 15.4 Å². The summed E-state index contributed by atoms with van der Waals surface area (Å²) in [4.78, 5) is 21.6. The minimum absolute atomic E-state index is 0.225. The van der Waals surface area contributed by atoms with Crippen molar-refractivity contribution in [1.82, 2.24) is 15.3 Å². The Hall–Kier alpha value is -2.62. The van der Waals surface area contributed by atoms with Gasteiger partial charge in [0.1, 0.15) is 5.75 Å². The van der Waals surface area contributed by atoms with Gasteiger partial charge in [-0.05, 0) is 31.2 Å². The molecular weight excluding hydrogens is 432 g/mol. The lowest BCUT2D eigenvalue weighted by Gasteiger charge is -2.12. The van der Waals surface area contributed by atoms with Crippen LogP contribution in [0.1, 0.15) is 24.5 Å². The molecule has 0 spiro atoms. The van der Waals surface area contributed by atoms with Crippen molar-refractivity contribution in [3.63, 3.8) is 0 Å². The van der Waals surface area contributed by atoms with E-state index in [0.717, 1.165) is 41.0 Å². The van der Waals surface area contributed by atoms with Crippen LogP contribution in [0.3, 0.4) is 0 Å². The van der Waals surface area contributed by atoms with Gasteiger partial charge in [0.2, 0.25) is 0 Å². The first-order valence-electron chi connectivity index (χ1n) is 10.1. The molecule has 1 aromatic carbocycles. The molecular formula is C22H24N4O3S2. The van der Waals surface area contributed by atoms with Crippen LogP contribution in [0.15, 0.2) is 52.9 Å². The molecule has 0 amide bonds. The molecule has 1 saturated heterocycles. The van der Waals surface area contributed by atoms with Crippen LogP contribution in [0, 0.1) is 0 Å². The van der Waals surface area contributed by atoms with E-state index in [2.05, 4.69) is 21.0 Å². The molecule has 31 heavy (non-hydrogen) atoms. The number of thioether (sulfide) groups is 1. The number of benzene rings is 1. The molecule has 1 atom stereocenters. The number of methoxy groups -OCH3 is 1. The van der Waals surface area contributed by atoms with Crippen LogP contribution in [-0.4, -0.2) is 41.9 Å². The van der Waals surface area contributed by atoms with Gasteiger partial charge in [0.25, 0.3) is 0 Å². The second-order valence-corrected chi connectivity index (χ2v) is 9.03. The van der Waals surface area contributed by atoms with Crippen molar-refractivity contribution in [3.05, 3.63) is 53.7 Å². The van der Waals surface area contributed by atoms with Crippen LogP contribution in [0.4, 0.5) is 10.9 Å². The van der Waals surface area contributed by atoms with Crippen molar-refractivity contribution >= 4 is 40.0 Å². The Balaban J connectivity index is 1.51. The van der Waals surface area contributed by atoms with E-state index in [1.54, 1.807) is 17.5 Å². The van der Waals surface area contributed by atoms with E-state index in [1.165, 1.54) is 18.9 Å². The van der Waals surface area contributed by atoms with Gasteiger partial charge >= 0.3 is 5.97 Å². The molecule has 4 rings (SSSR count). The van der Waals surface area contributed by atoms with Gasteiger partial charge in [-0.15, -0.1) is 23.1 Å². The molecule has 1 unspecified atom stereocenters. The monoisotopic (exact) mass is 456 g/mol. The molecule has 7 nitrogen and oxygen atoms in total. The third-order valence-corrected chi connectivity index (χ3v) is 6.57. The molecule has 2 N–H and O–H groups in total. The van der Waals surface area contributed by atoms with E-state index in [-0.39, 0.29) is 5.97 Å². The smallest absolute Gasteiger partial charge is 0.306 e. The van der Waals surface area contributed by atoms with Crippen molar-refractivity contribution < 1.29 is 14.3 Å².